The zero-order valence-electron chi connectivity index (χ0n) is 17.8. The van der Waals surface area contributed by atoms with Gasteiger partial charge >= 0.3 is 0 Å². The molecule has 0 unspecified atom stereocenters. The maximum absolute atomic E-state index is 12.9. The minimum Gasteiger partial charge on any atom is -0.497 e. The van der Waals surface area contributed by atoms with E-state index in [1.807, 2.05) is 14.1 Å². The van der Waals surface area contributed by atoms with Crippen LogP contribution >= 0.6 is 11.6 Å². The Balaban J connectivity index is 1.90. The predicted octanol–water partition coefficient (Wildman–Crippen LogP) is 4.19. The highest BCUT2D eigenvalue weighted by atomic mass is 35.5. The lowest BCUT2D eigenvalue weighted by Gasteiger charge is -2.21. The lowest BCUT2D eigenvalue weighted by molar-refractivity contribution is -0.106. The van der Waals surface area contributed by atoms with Gasteiger partial charge in [-0.1, -0.05) is 23.7 Å². The molecule has 0 saturated heterocycles. The number of aromatic nitrogens is 1. The van der Waals surface area contributed by atoms with E-state index in [9.17, 15) is 9.59 Å². The molecule has 0 aliphatic heterocycles. The molecule has 1 N–H and O–H groups in total. The van der Waals surface area contributed by atoms with Crippen molar-refractivity contribution in [3.63, 3.8) is 0 Å². The van der Waals surface area contributed by atoms with Gasteiger partial charge in [-0.2, -0.15) is 5.10 Å². The Morgan fingerprint density at radius 2 is 1.88 bits per heavy atom. The van der Waals surface area contributed by atoms with Gasteiger partial charge in [0.2, 0.25) is 6.41 Å². The van der Waals surface area contributed by atoms with Gasteiger partial charge < -0.3 is 15.1 Å². The van der Waals surface area contributed by atoms with Crippen LogP contribution in [0, 0.1) is 0 Å². The van der Waals surface area contributed by atoms with E-state index in [0.717, 1.165) is 5.56 Å². The zero-order valence-corrected chi connectivity index (χ0v) is 18.6. The number of hydrogen-bond acceptors (Lipinski definition) is 6. The van der Waals surface area contributed by atoms with Crippen LogP contribution in [0.4, 0.5) is 17.2 Å². The van der Waals surface area contributed by atoms with Gasteiger partial charge in [0, 0.05) is 31.9 Å². The SMILES string of the molecule is COc1ccc(NC(=O)c2ccc(/C=N/N(C)C)cc2)c(N(C=O)c2ccc(Cl)cn2)c1. The summed E-state index contributed by atoms with van der Waals surface area (Å²) in [5.41, 5.74) is 2.13. The summed E-state index contributed by atoms with van der Waals surface area (Å²) in [4.78, 5) is 30.3. The minimum atomic E-state index is -0.331. The smallest absolute Gasteiger partial charge is 0.255 e. The Labute approximate surface area is 191 Å². The third-order valence-electron chi connectivity index (χ3n) is 4.39. The molecule has 0 aliphatic rings. The number of methoxy groups -OCH3 is 1. The number of benzene rings is 2. The summed E-state index contributed by atoms with van der Waals surface area (Å²) < 4.78 is 5.29. The summed E-state index contributed by atoms with van der Waals surface area (Å²) in [6.45, 7) is 0. The number of carbonyl (C=O) groups is 2. The number of amides is 2. The van der Waals surface area contributed by atoms with Crippen molar-refractivity contribution in [2.75, 3.05) is 31.4 Å². The van der Waals surface area contributed by atoms with Gasteiger partial charge in [0.15, 0.2) is 0 Å². The first kappa shape index (κ1) is 22.8. The van der Waals surface area contributed by atoms with Crippen LogP contribution in [0.3, 0.4) is 0 Å². The van der Waals surface area contributed by atoms with Crippen molar-refractivity contribution < 1.29 is 14.3 Å². The van der Waals surface area contributed by atoms with Gasteiger partial charge in [-0.15, -0.1) is 0 Å². The summed E-state index contributed by atoms with van der Waals surface area (Å²) in [7, 11) is 5.17. The van der Waals surface area contributed by atoms with Crippen LogP contribution in [-0.2, 0) is 4.79 Å². The van der Waals surface area contributed by atoms with Gasteiger partial charge in [0.25, 0.3) is 5.91 Å². The van der Waals surface area contributed by atoms with Crippen LogP contribution in [0.1, 0.15) is 15.9 Å². The van der Waals surface area contributed by atoms with E-state index in [4.69, 9.17) is 16.3 Å². The third-order valence-corrected chi connectivity index (χ3v) is 4.61. The zero-order chi connectivity index (χ0) is 23.1. The molecule has 0 saturated carbocycles. The van der Waals surface area contributed by atoms with E-state index >= 15 is 0 Å². The molecule has 2 amide bonds. The monoisotopic (exact) mass is 451 g/mol. The number of carbonyl (C=O) groups excluding carboxylic acids is 2. The topological polar surface area (TPSA) is 87.1 Å². The van der Waals surface area contributed by atoms with E-state index in [1.165, 1.54) is 18.2 Å². The second kappa shape index (κ2) is 10.4. The molecule has 0 spiro atoms. The molecule has 0 atom stereocenters. The molecule has 9 heteroatoms. The van der Waals surface area contributed by atoms with Crippen LogP contribution in [-0.4, -0.2) is 49.7 Å². The van der Waals surface area contributed by atoms with Crippen molar-refractivity contribution in [2.45, 2.75) is 0 Å². The average molecular weight is 452 g/mol. The fraction of sp³-hybridized carbons (Fsp3) is 0.130. The number of pyridine rings is 1. The number of nitrogens with zero attached hydrogens (tertiary/aromatic N) is 4. The van der Waals surface area contributed by atoms with Crippen molar-refractivity contribution in [1.29, 1.82) is 0 Å². The van der Waals surface area contributed by atoms with Crippen LogP contribution in [0.2, 0.25) is 5.02 Å². The molecular formula is C23H22ClN5O3. The minimum absolute atomic E-state index is 0.331. The number of nitrogens with one attached hydrogen (secondary N) is 1. The summed E-state index contributed by atoms with van der Waals surface area (Å²) in [5.74, 6) is 0.531. The number of halogens is 1. The molecule has 2 aromatic carbocycles. The third kappa shape index (κ3) is 5.61. The highest BCUT2D eigenvalue weighted by Crippen LogP contribution is 2.34. The molecule has 0 bridgehead atoms. The Morgan fingerprint density at radius 1 is 1.12 bits per heavy atom. The maximum atomic E-state index is 12.9. The molecule has 8 nitrogen and oxygen atoms in total. The fourth-order valence-electron chi connectivity index (χ4n) is 2.79. The molecule has 1 aromatic heterocycles. The van der Waals surface area contributed by atoms with Crippen LogP contribution in [0.5, 0.6) is 5.75 Å². The molecule has 3 rings (SSSR count). The normalized spacial score (nSPS) is 10.6. The highest BCUT2D eigenvalue weighted by molar-refractivity contribution is 6.30. The van der Waals surface area contributed by atoms with Gasteiger partial charge in [0.05, 0.1) is 29.7 Å². The predicted molar refractivity (Wildman–Crippen MR) is 126 cm³/mol. The lowest BCUT2D eigenvalue weighted by atomic mass is 10.1. The van der Waals surface area contributed by atoms with Gasteiger partial charge in [-0.05, 0) is 42.0 Å². The van der Waals surface area contributed by atoms with Gasteiger partial charge in [0.1, 0.15) is 11.6 Å². The Kier molecular flexibility index (Phi) is 7.41. The van der Waals surface area contributed by atoms with Crippen molar-refractivity contribution in [3.05, 3.63) is 76.9 Å². The molecule has 0 aliphatic carbocycles. The summed E-state index contributed by atoms with van der Waals surface area (Å²) >= 11 is 5.91. The lowest BCUT2D eigenvalue weighted by Crippen LogP contribution is -2.19. The Bertz CT molecular complexity index is 1120. The number of hydrogen-bond donors (Lipinski definition) is 1. The van der Waals surface area contributed by atoms with E-state index in [1.54, 1.807) is 65.8 Å². The van der Waals surface area contributed by atoms with Crippen LogP contribution in [0.25, 0.3) is 0 Å². The molecule has 3 aromatic rings. The summed E-state index contributed by atoms with van der Waals surface area (Å²) in [6, 6.07) is 15.2. The average Bonchev–Trinajstić information content (AvgIpc) is 2.80. The second-order valence-corrected chi connectivity index (χ2v) is 7.30. The molecular weight excluding hydrogens is 430 g/mol. The largest absolute Gasteiger partial charge is 0.497 e. The first-order valence-corrected chi connectivity index (χ1v) is 9.96. The van der Waals surface area contributed by atoms with Crippen molar-refractivity contribution in [2.24, 2.45) is 5.10 Å². The van der Waals surface area contributed by atoms with Crippen molar-refractivity contribution >= 4 is 47.3 Å². The highest BCUT2D eigenvalue weighted by Gasteiger charge is 2.18. The number of anilines is 3. The fourth-order valence-corrected chi connectivity index (χ4v) is 2.90. The molecule has 0 radical (unpaired) electrons. The van der Waals surface area contributed by atoms with Crippen LogP contribution < -0.4 is 15.0 Å². The Hall–Kier alpha value is -3.91. The summed E-state index contributed by atoms with van der Waals surface area (Å²) in [5, 5.41) is 9.15. The number of hydrazone groups is 1. The Morgan fingerprint density at radius 3 is 2.47 bits per heavy atom. The van der Waals surface area contributed by atoms with Gasteiger partial charge in [-0.3, -0.25) is 14.5 Å². The maximum Gasteiger partial charge on any atom is 0.255 e. The van der Waals surface area contributed by atoms with Crippen molar-refractivity contribution in [1.82, 2.24) is 9.99 Å². The van der Waals surface area contributed by atoms with E-state index < -0.39 is 0 Å². The quantitative estimate of drug-likeness (QED) is 0.315. The standard InChI is InChI=1S/C23H22ClN5O3/c1-28(2)26-13-16-4-6-17(7-5-16)23(31)27-20-10-9-19(32-3)12-21(20)29(15-30)22-11-8-18(24)14-25-22/h4-15H,1-3H3,(H,27,31)/b26-13+. The summed E-state index contributed by atoms with van der Waals surface area (Å²) in [6.07, 6.45) is 3.75. The molecule has 0 fully saturated rings. The van der Waals surface area contributed by atoms with E-state index in [-0.39, 0.29) is 5.91 Å². The first-order chi connectivity index (χ1) is 15.4. The van der Waals surface area contributed by atoms with Gasteiger partial charge in [-0.25, -0.2) is 4.98 Å². The molecule has 32 heavy (non-hydrogen) atoms. The van der Waals surface area contributed by atoms with Crippen LogP contribution in [0.15, 0.2) is 65.9 Å². The molecule has 164 valence electrons. The second-order valence-electron chi connectivity index (χ2n) is 6.86. The first-order valence-electron chi connectivity index (χ1n) is 9.58. The molecule has 1 heterocycles. The van der Waals surface area contributed by atoms with E-state index in [2.05, 4.69) is 15.4 Å². The number of ether oxygens (including phenoxy) is 1. The van der Waals surface area contributed by atoms with Crippen molar-refractivity contribution in [3.8, 4) is 5.75 Å². The van der Waals surface area contributed by atoms with E-state index in [0.29, 0.717) is 39.9 Å². The number of rotatable bonds is 8.